The lowest BCUT2D eigenvalue weighted by atomic mass is 9.79. The van der Waals surface area contributed by atoms with Crippen LogP contribution in [0.25, 0.3) is 0 Å². The third-order valence-corrected chi connectivity index (χ3v) is 4.50. The number of nitrogens with zero attached hydrogens (tertiary/aromatic N) is 3. The molecule has 0 spiro atoms. The lowest BCUT2D eigenvalue weighted by Crippen LogP contribution is -2.54. The number of nitrogens with two attached hydrogens (primary N) is 1. The van der Waals surface area contributed by atoms with Crippen LogP contribution in [0.2, 0.25) is 0 Å². The molecular formula is C16H26ClF3N4O. The van der Waals surface area contributed by atoms with Crippen LogP contribution in [0.15, 0.2) is 6.20 Å². The highest BCUT2D eigenvalue weighted by atomic mass is 35.5. The van der Waals surface area contributed by atoms with Crippen LogP contribution >= 0.6 is 12.4 Å². The average Bonchev–Trinajstić information content (AvgIpc) is 2.85. The summed E-state index contributed by atoms with van der Waals surface area (Å²) >= 11 is 0. The number of hydrogen-bond acceptors (Lipinski definition) is 3. The largest absolute Gasteiger partial charge is 0.433 e. The molecule has 0 radical (unpaired) electrons. The van der Waals surface area contributed by atoms with Gasteiger partial charge in [0.1, 0.15) is 0 Å². The number of rotatable bonds is 1. The molecule has 25 heavy (non-hydrogen) atoms. The van der Waals surface area contributed by atoms with Crippen molar-refractivity contribution in [2.24, 2.45) is 11.1 Å². The highest BCUT2D eigenvalue weighted by Crippen LogP contribution is 2.36. The molecule has 0 aromatic carbocycles. The van der Waals surface area contributed by atoms with Crippen LogP contribution in [-0.4, -0.2) is 39.7 Å². The SMILES string of the molecule is CC1(C)CN(C(=O)c2cnn(C(C)(C)C)c2C(F)(F)F)CCC1N.Cl. The average molecular weight is 383 g/mol. The first kappa shape index (κ1) is 21.8. The molecule has 1 unspecified atom stereocenters. The molecule has 144 valence electrons. The molecular weight excluding hydrogens is 357 g/mol. The predicted molar refractivity (Wildman–Crippen MR) is 91.7 cm³/mol. The Hall–Kier alpha value is -1.28. The highest BCUT2D eigenvalue weighted by molar-refractivity contribution is 5.95. The zero-order valence-electron chi connectivity index (χ0n) is 15.1. The molecule has 2 N–H and O–H groups in total. The van der Waals surface area contributed by atoms with Gasteiger partial charge in [-0.05, 0) is 32.6 Å². The van der Waals surface area contributed by atoms with Crippen molar-refractivity contribution in [3.05, 3.63) is 17.5 Å². The van der Waals surface area contributed by atoms with E-state index in [2.05, 4.69) is 5.10 Å². The molecule has 9 heteroatoms. The standard InChI is InChI=1S/C16H25F3N4O.ClH/c1-14(2,3)23-12(16(17,18)19)10(8-21-23)13(24)22-7-6-11(20)15(4,5)9-22;/h8,11H,6-7,9,20H2,1-5H3;1H. The molecule has 1 atom stereocenters. The summed E-state index contributed by atoms with van der Waals surface area (Å²) in [7, 11) is 0. The first-order valence-electron chi connectivity index (χ1n) is 7.96. The number of amides is 1. The van der Waals surface area contributed by atoms with Crippen molar-refractivity contribution in [1.29, 1.82) is 0 Å². The van der Waals surface area contributed by atoms with Crippen LogP contribution in [-0.2, 0) is 11.7 Å². The van der Waals surface area contributed by atoms with E-state index in [1.807, 2.05) is 13.8 Å². The van der Waals surface area contributed by atoms with Crippen LogP contribution in [0.5, 0.6) is 0 Å². The summed E-state index contributed by atoms with van der Waals surface area (Å²) in [5, 5.41) is 3.85. The van der Waals surface area contributed by atoms with E-state index >= 15 is 0 Å². The number of carbonyl (C=O) groups excluding carboxylic acids is 1. The second-order valence-corrected chi connectivity index (χ2v) is 8.10. The monoisotopic (exact) mass is 382 g/mol. The van der Waals surface area contributed by atoms with E-state index in [9.17, 15) is 18.0 Å². The number of hydrogen-bond donors (Lipinski definition) is 1. The molecule has 5 nitrogen and oxygen atoms in total. The number of likely N-dealkylation sites (tertiary alicyclic amines) is 1. The minimum Gasteiger partial charge on any atom is -0.338 e. The zero-order chi connectivity index (χ0) is 18.5. The molecule has 2 rings (SSSR count). The second-order valence-electron chi connectivity index (χ2n) is 8.10. The van der Waals surface area contributed by atoms with Crippen molar-refractivity contribution in [2.75, 3.05) is 13.1 Å². The van der Waals surface area contributed by atoms with Crippen molar-refractivity contribution >= 4 is 18.3 Å². The number of aromatic nitrogens is 2. The number of alkyl halides is 3. The predicted octanol–water partition coefficient (Wildman–Crippen LogP) is 3.28. The van der Waals surface area contributed by atoms with Crippen molar-refractivity contribution in [3.63, 3.8) is 0 Å². The molecule has 1 amide bonds. The summed E-state index contributed by atoms with van der Waals surface area (Å²) in [6.45, 7) is 9.36. The summed E-state index contributed by atoms with van der Waals surface area (Å²) in [5.41, 5.74) is 3.42. The van der Waals surface area contributed by atoms with Gasteiger partial charge in [0, 0.05) is 19.1 Å². The fraction of sp³-hybridized carbons (Fsp3) is 0.750. The van der Waals surface area contributed by atoms with Gasteiger partial charge in [-0.3, -0.25) is 9.48 Å². The van der Waals surface area contributed by atoms with Crippen molar-refractivity contribution < 1.29 is 18.0 Å². The van der Waals surface area contributed by atoms with Crippen molar-refractivity contribution in [1.82, 2.24) is 14.7 Å². The van der Waals surface area contributed by atoms with Gasteiger partial charge in [0.15, 0.2) is 5.69 Å². The Bertz CT molecular complexity index is 634. The first-order chi connectivity index (χ1) is 10.7. The lowest BCUT2D eigenvalue weighted by molar-refractivity contribution is -0.146. The molecule has 0 aliphatic carbocycles. The quantitative estimate of drug-likeness (QED) is 0.810. The van der Waals surface area contributed by atoms with Gasteiger partial charge in [0.2, 0.25) is 0 Å². The Balaban J connectivity index is 0.00000312. The third-order valence-electron chi connectivity index (χ3n) is 4.50. The Labute approximate surface area is 152 Å². The summed E-state index contributed by atoms with van der Waals surface area (Å²) in [6, 6.07) is -0.0825. The van der Waals surface area contributed by atoms with Gasteiger partial charge < -0.3 is 10.6 Å². The molecule has 1 fully saturated rings. The van der Waals surface area contributed by atoms with Crippen LogP contribution in [0.4, 0.5) is 13.2 Å². The van der Waals surface area contributed by atoms with Crippen LogP contribution in [0.3, 0.4) is 0 Å². The van der Waals surface area contributed by atoms with Gasteiger partial charge in [-0.25, -0.2) is 0 Å². The fourth-order valence-corrected chi connectivity index (χ4v) is 3.00. The molecule has 0 saturated carbocycles. The normalized spacial score (nSPS) is 21.0. The van der Waals surface area contributed by atoms with Gasteiger partial charge in [0.25, 0.3) is 5.91 Å². The number of carbonyl (C=O) groups is 1. The maximum atomic E-state index is 13.6. The second kappa shape index (κ2) is 6.79. The number of piperidine rings is 1. The van der Waals surface area contributed by atoms with E-state index in [0.29, 0.717) is 19.5 Å². The molecule has 2 heterocycles. The van der Waals surface area contributed by atoms with Gasteiger partial charge in [0.05, 0.1) is 17.3 Å². The Morgan fingerprint density at radius 2 is 1.88 bits per heavy atom. The van der Waals surface area contributed by atoms with Gasteiger partial charge in [-0.15, -0.1) is 12.4 Å². The summed E-state index contributed by atoms with van der Waals surface area (Å²) < 4.78 is 41.6. The van der Waals surface area contributed by atoms with Crippen LogP contribution in [0, 0.1) is 5.41 Å². The number of halogens is 4. The minimum absolute atomic E-state index is 0. The summed E-state index contributed by atoms with van der Waals surface area (Å²) in [6.07, 6.45) is -3.07. The molecule has 0 bridgehead atoms. The van der Waals surface area contributed by atoms with Crippen molar-refractivity contribution in [2.45, 2.75) is 58.8 Å². The van der Waals surface area contributed by atoms with E-state index < -0.39 is 28.9 Å². The first-order valence-corrected chi connectivity index (χ1v) is 7.96. The van der Waals surface area contributed by atoms with Crippen molar-refractivity contribution in [3.8, 4) is 0 Å². The maximum Gasteiger partial charge on any atom is 0.433 e. The Morgan fingerprint density at radius 3 is 2.32 bits per heavy atom. The smallest absolute Gasteiger partial charge is 0.338 e. The molecule has 1 saturated heterocycles. The van der Waals surface area contributed by atoms with E-state index in [1.165, 1.54) is 4.90 Å². The highest BCUT2D eigenvalue weighted by Gasteiger charge is 2.44. The van der Waals surface area contributed by atoms with Crippen LogP contribution < -0.4 is 5.73 Å². The van der Waals surface area contributed by atoms with E-state index in [0.717, 1.165) is 10.9 Å². The van der Waals surface area contributed by atoms with Crippen LogP contribution in [0.1, 0.15) is 57.1 Å². The molecule has 1 aromatic heterocycles. The fourth-order valence-electron chi connectivity index (χ4n) is 3.00. The Morgan fingerprint density at radius 1 is 1.32 bits per heavy atom. The van der Waals surface area contributed by atoms with E-state index in [4.69, 9.17) is 5.73 Å². The maximum absolute atomic E-state index is 13.6. The van der Waals surface area contributed by atoms with Gasteiger partial charge >= 0.3 is 6.18 Å². The Kier molecular flexibility index (Phi) is 5.91. The minimum atomic E-state index is -4.66. The van der Waals surface area contributed by atoms with E-state index in [-0.39, 0.29) is 23.9 Å². The molecule has 1 aromatic rings. The third kappa shape index (κ3) is 4.28. The summed E-state index contributed by atoms with van der Waals surface area (Å²) in [4.78, 5) is 14.2. The molecule has 1 aliphatic rings. The van der Waals surface area contributed by atoms with Gasteiger partial charge in [-0.1, -0.05) is 13.8 Å². The molecule has 1 aliphatic heterocycles. The zero-order valence-corrected chi connectivity index (χ0v) is 16.0. The topological polar surface area (TPSA) is 64.2 Å². The van der Waals surface area contributed by atoms with E-state index in [1.54, 1.807) is 20.8 Å². The van der Waals surface area contributed by atoms with Gasteiger partial charge in [-0.2, -0.15) is 18.3 Å². The lowest BCUT2D eigenvalue weighted by Gasteiger charge is -2.42. The summed E-state index contributed by atoms with van der Waals surface area (Å²) in [5.74, 6) is -0.641.